The molecule has 0 heterocycles. The highest BCUT2D eigenvalue weighted by Gasteiger charge is 2.05. The first-order chi connectivity index (χ1) is 6.33. The minimum Gasteiger partial charge on any atom is -0.493 e. The molecule has 0 atom stereocenters. The van der Waals surface area contributed by atoms with Crippen molar-refractivity contribution >= 4 is 6.08 Å². The van der Waals surface area contributed by atoms with Crippen LogP contribution in [0.3, 0.4) is 0 Å². The zero-order chi connectivity index (χ0) is 9.68. The van der Waals surface area contributed by atoms with E-state index in [1.165, 1.54) is 0 Å². The van der Waals surface area contributed by atoms with Gasteiger partial charge in [0.25, 0.3) is 0 Å². The zero-order valence-corrected chi connectivity index (χ0v) is 8.20. The van der Waals surface area contributed by atoms with E-state index in [0.717, 1.165) is 17.1 Å². The Bertz CT molecular complexity index is 303. The molecule has 0 N–H and O–H groups in total. The summed E-state index contributed by atoms with van der Waals surface area (Å²) in [6, 6.07) is 5.81. The summed E-state index contributed by atoms with van der Waals surface area (Å²) in [7, 11) is 3.28. The predicted molar refractivity (Wildman–Crippen MR) is 54.3 cm³/mol. The van der Waals surface area contributed by atoms with Gasteiger partial charge in [0.2, 0.25) is 0 Å². The minimum absolute atomic E-state index is 0.762. The van der Waals surface area contributed by atoms with Crippen molar-refractivity contribution in [2.75, 3.05) is 14.2 Å². The molecule has 1 rings (SSSR count). The predicted octanol–water partition coefficient (Wildman–Crippen LogP) is 2.74. The molecule has 0 aliphatic carbocycles. The Labute approximate surface area is 78.8 Å². The second-order valence-electron chi connectivity index (χ2n) is 2.58. The van der Waals surface area contributed by atoms with Gasteiger partial charge in [0.1, 0.15) is 0 Å². The zero-order valence-electron chi connectivity index (χ0n) is 8.20. The van der Waals surface area contributed by atoms with Crippen LogP contribution in [0, 0.1) is 0 Å². The molecule has 0 spiro atoms. The first-order valence-electron chi connectivity index (χ1n) is 4.17. The van der Waals surface area contributed by atoms with Crippen LogP contribution in [0.2, 0.25) is 0 Å². The Morgan fingerprint density at radius 2 is 1.92 bits per heavy atom. The number of benzene rings is 1. The average Bonchev–Trinajstić information content (AvgIpc) is 2.18. The Morgan fingerprint density at radius 3 is 2.46 bits per heavy atom. The Kier molecular flexibility index (Phi) is 3.38. The third kappa shape index (κ3) is 2.02. The molecule has 0 saturated carbocycles. The molecule has 1 aromatic rings. The normalized spacial score (nSPS) is 10.4. The quantitative estimate of drug-likeness (QED) is 0.708. The van der Waals surface area contributed by atoms with Gasteiger partial charge < -0.3 is 9.47 Å². The van der Waals surface area contributed by atoms with Crippen molar-refractivity contribution in [2.45, 2.75) is 6.92 Å². The number of para-hydroxylation sites is 1. The molecule has 0 radical (unpaired) electrons. The first-order valence-corrected chi connectivity index (χ1v) is 4.17. The van der Waals surface area contributed by atoms with E-state index in [1.54, 1.807) is 14.2 Å². The van der Waals surface area contributed by atoms with Gasteiger partial charge in [0, 0.05) is 5.56 Å². The van der Waals surface area contributed by atoms with Crippen molar-refractivity contribution in [3.05, 3.63) is 29.8 Å². The van der Waals surface area contributed by atoms with Gasteiger partial charge in [-0.25, -0.2) is 0 Å². The molecule has 70 valence electrons. The number of hydrogen-bond acceptors (Lipinski definition) is 2. The van der Waals surface area contributed by atoms with Crippen LogP contribution in [0.15, 0.2) is 24.3 Å². The van der Waals surface area contributed by atoms with Crippen LogP contribution in [0.5, 0.6) is 11.5 Å². The molecule has 1 aromatic carbocycles. The van der Waals surface area contributed by atoms with Crippen LogP contribution in [0.25, 0.3) is 6.08 Å². The smallest absolute Gasteiger partial charge is 0.167 e. The molecule has 2 heteroatoms. The lowest BCUT2D eigenvalue weighted by atomic mass is 10.1. The number of ether oxygens (including phenoxy) is 2. The van der Waals surface area contributed by atoms with Gasteiger partial charge in [-0.3, -0.25) is 0 Å². The topological polar surface area (TPSA) is 18.5 Å². The summed E-state index contributed by atoms with van der Waals surface area (Å²) in [5, 5.41) is 0. The van der Waals surface area contributed by atoms with Crippen molar-refractivity contribution in [3.63, 3.8) is 0 Å². The van der Waals surface area contributed by atoms with Crippen molar-refractivity contribution in [1.29, 1.82) is 0 Å². The molecule has 0 fully saturated rings. The average molecular weight is 178 g/mol. The standard InChI is InChI=1S/C11H14O2/c1-4-6-9-7-5-8-10(12-2)11(9)13-3/h4-8H,1-3H3. The third-order valence-electron chi connectivity index (χ3n) is 1.78. The van der Waals surface area contributed by atoms with Gasteiger partial charge in [-0.2, -0.15) is 0 Å². The van der Waals surface area contributed by atoms with Gasteiger partial charge in [-0.05, 0) is 13.0 Å². The number of hydrogen-bond donors (Lipinski definition) is 0. The highest BCUT2D eigenvalue weighted by atomic mass is 16.5. The van der Waals surface area contributed by atoms with E-state index in [2.05, 4.69) is 0 Å². The van der Waals surface area contributed by atoms with Crippen molar-refractivity contribution < 1.29 is 9.47 Å². The summed E-state index contributed by atoms with van der Waals surface area (Å²) in [6.45, 7) is 1.97. The molecule has 0 aliphatic heterocycles. The van der Waals surface area contributed by atoms with Gasteiger partial charge in [0.05, 0.1) is 14.2 Å². The monoisotopic (exact) mass is 178 g/mol. The highest BCUT2D eigenvalue weighted by Crippen LogP contribution is 2.31. The summed E-state index contributed by atoms with van der Waals surface area (Å²) in [5.74, 6) is 1.54. The second-order valence-corrected chi connectivity index (χ2v) is 2.58. The maximum atomic E-state index is 5.24. The second kappa shape index (κ2) is 4.55. The van der Waals surface area contributed by atoms with E-state index in [0.29, 0.717) is 0 Å². The van der Waals surface area contributed by atoms with E-state index in [1.807, 2.05) is 37.3 Å². The van der Waals surface area contributed by atoms with Gasteiger partial charge in [-0.15, -0.1) is 0 Å². The third-order valence-corrected chi connectivity index (χ3v) is 1.78. The Morgan fingerprint density at radius 1 is 1.15 bits per heavy atom. The molecule has 0 aromatic heterocycles. The largest absolute Gasteiger partial charge is 0.493 e. The fourth-order valence-electron chi connectivity index (χ4n) is 1.22. The van der Waals surface area contributed by atoms with Crippen LogP contribution >= 0.6 is 0 Å². The van der Waals surface area contributed by atoms with Crippen molar-refractivity contribution in [3.8, 4) is 11.5 Å². The van der Waals surface area contributed by atoms with Gasteiger partial charge in [-0.1, -0.05) is 24.3 Å². The number of allylic oxidation sites excluding steroid dienone is 1. The summed E-state index contributed by atoms with van der Waals surface area (Å²) < 4.78 is 10.4. The van der Waals surface area contributed by atoms with E-state index in [4.69, 9.17) is 9.47 Å². The van der Waals surface area contributed by atoms with Crippen LogP contribution in [-0.2, 0) is 0 Å². The molecule has 13 heavy (non-hydrogen) atoms. The molecule has 0 bridgehead atoms. The first kappa shape index (κ1) is 9.65. The van der Waals surface area contributed by atoms with Crippen molar-refractivity contribution in [1.82, 2.24) is 0 Å². The summed E-state index contributed by atoms with van der Waals surface area (Å²) >= 11 is 0. The summed E-state index contributed by atoms with van der Waals surface area (Å²) in [5.41, 5.74) is 1.03. The van der Waals surface area contributed by atoms with E-state index in [9.17, 15) is 0 Å². The summed E-state index contributed by atoms with van der Waals surface area (Å²) in [4.78, 5) is 0. The van der Waals surface area contributed by atoms with Crippen LogP contribution < -0.4 is 9.47 Å². The molecule has 0 amide bonds. The van der Waals surface area contributed by atoms with E-state index < -0.39 is 0 Å². The lowest BCUT2D eigenvalue weighted by Gasteiger charge is -2.09. The van der Waals surface area contributed by atoms with Gasteiger partial charge in [0.15, 0.2) is 11.5 Å². The Balaban J connectivity index is 3.18. The highest BCUT2D eigenvalue weighted by molar-refractivity contribution is 5.62. The molecule has 0 saturated heterocycles. The fourth-order valence-corrected chi connectivity index (χ4v) is 1.22. The summed E-state index contributed by atoms with van der Waals surface area (Å²) in [6.07, 6.45) is 3.96. The minimum atomic E-state index is 0.762. The maximum Gasteiger partial charge on any atom is 0.167 e. The van der Waals surface area contributed by atoms with Crippen LogP contribution in [0.1, 0.15) is 12.5 Å². The van der Waals surface area contributed by atoms with Crippen LogP contribution in [0.4, 0.5) is 0 Å². The van der Waals surface area contributed by atoms with Crippen molar-refractivity contribution in [2.24, 2.45) is 0 Å². The lowest BCUT2D eigenvalue weighted by molar-refractivity contribution is 0.354. The molecule has 0 unspecified atom stereocenters. The van der Waals surface area contributed by atoms with Gasteiger partial charge >= 0.3 is 0 Å². The molecular weight excluding hydrogens is 164 g/mol. The maximum absolute atomic E-state index is 5.24. The molecule has 2 nitrogen and oxygen atoms in total. The SMILES string of the molecule is CC=Cc1cccc(OC)c1OC. The van der Waals surface area contributed by atoms with E-state index >= 15 is 0 Å². The molecular formula is C11H14O2. The fraction of sp³-hybridized carbons (Fsp3) is 0.273. The number of rotatable bonds is 3. The lowest BCUT2D eigenvalue weighted by Crippen LogP contribution is -1.92. The van der Waals surface area contributed by atoms with E-state index in [-0.39, 0.29) is 0 Å². The Hall–Kier alpha value is -1.44. The van der Waals surface area contributed by atoms with Crippen LogP contribution in [-0.4, -0.2) is 14.2 Å². The number of methoxy groups -OCH3 is 2. The molecule has 0 aliphatic rings.